The minimum atomic E-state index is -0.860. The van der Waals surface area contributed by atoms with E-state index in [0.29, 0.717) is 24.2 Å². The molecule has 0 aromatic carbocycles. The van der Waals surface area contributed by atoms with Gasteiger partial charge in [-0.2, -0.15) is 0 Å². The van der Waals surface area contributed by atoms with Crippen molar-refractivity contribution in [2.75, 3.05) is 0 Å². The first kappa shape index (κ1) is 25.4. The summed E-state index contributed by atoms with van der Waals surface area (Å²) in [5, 5.41) is 42.2. The van der Waals surface area contributed by atoms with Gasteiger partial charge in [-0.15, -0.1) is 0 Å². The Morgan fingerprint density at radius 1 is 0.971 bits per heavy atom. The molecule has 1 heterocycles. The van der Waals surface area contributed by atoms with Crippen LogP contribution in [0.2, 0.25) is 0 Å². The lowest BCUT2D eigenvalue weighted by atomic mass is 9.42. The van der Waals surface area contributed by atoms with Crippen LogP contribution >= 0.6 is 0 Å². The van der Waals surface area contributed by atoms with E-state index in [4.69, 9.17) is 15.2 Å². The summed E-state index contributed by atoms with van der Waals surface area (Å²) >= 11 is 0. The van der Waals surface area contributed by atoms with Gasteiger partial charge in [0, 0.05) is 17.4 Å². The lowest BCUT2D eigenvalue weighted by Gasteiger charge is -2.65. The quantitative estimate of drug-likeness (QED) is 0.392. The van der Waals surface area contributed by atoms with Gasteiger partial charge in [-0.05, 0) is 94.3 Å². The molecule has 0 aromatic heterocycles. The largest absolute Gasteiger partial charge is 0.393 e. The molecule has 5 rings (SSSR count). The third-order valence-electron chi connectivity index (χ3n) is 11.7. The van der Waals surface area contributed by atoms with E-state index < -0.39 is 47.8 Å². The van der Waals surface area contributed by atoms with Crippen LogP contribution in [0.3, 0.4) is 0 Å². The monoisotopic (exact) mass is 481 g/mol. The van der Waals surface area contributed by atoms with Crippen LogP contribution in [0.15, 0.2) is 0 Å². The van der Waals surface area contributed by atoms with Crippen molar-refractivity contribution in [3.8, 4) is 0 Å². The van der Waals surface area contributed by atoms with Gasteiger partial charge in [-0.1, -0.05) is 13.8 Å². The highest BCUT2D eigenvalue weighted by molar-refractivity contribution is 5.22. The standard InChI is InChI=1S/C27H47NO6/c1-14(29)18-8-10-27(28)19-6-5-16-11-17(34-23-13-21(30)24(32)15(2)33-23)7-9-25(16,3)20(19)12-22(31)26(18,27)4/h14-24,29-32H,5-13,28H2,1-4H3/t14-,15+,16+,17-,18+,19+,20-,21-,22+,23+,24+,25-,26-,27-/m0/s1. The predicted octanol–water partition coefficient (Wildman–Crippen LogP) is 2.32. The van der Waals surface area contributed by atoms with Crippen molar-refractivity contribution in [3.05, 3.63) is 0 Å². The fraction of sp³-hybridized carbons (Fsp3) is 1.00. The Morgan fingerprint density at radius 3 is 2.38 bits per heavy atom. The molecular weight excluding hydrogens is 434 g/mol. The van der Waals surface area contributed by atoms with E-state index in [1.807, 2.05) is 6.92 Å². The smallest absolute Gasteiger partial charge is 0.161 e. The second-order valence-electron chi connectivity index (χ2n) is 13.1. The highest BCUT2D eigenvalue weighted by atomic mass is 16.7. The van der Waals surface area contributed by atoms with E-state index in [0.717, 1.165) is 51.4 Å². The summed E-state index contributed by atoms with van der Waals surface area (Å²) in [5.41, 5.74) is 6.54. The second-order valence-corrected chi connectivity index (χ2v) is 13.1. The van der Waals surface area contributed by atoms with Crippen molar-refractivity contribution in [2.45, 2.75) is 134 Å². The zero-order chi connectivity index (χ0) is 24.6. The summed E-state index contributed by atoms with van der Waals surface area (Å²) in [6, 6.07) is 0. The topological polar surface area (TPSA) is 125 Å². The molecule has 7 heteroatoms. The zero-order valence-electron chi connectivity index (χ0n) is 21.4. The third kappa shape index (κ3) is 3.56. The van der Waals surface area contributed by atoms with Crippen molar-refractivity contribution in [1.82, 2.24) is 0 Å². The van der Waals surface area contributed by atoms with E-state index in [1.54, 1.807) is 6.92 Å². The fourth-order valence-corrected chi connectivity index (χ4v) is 9.54. The normalized spacial score (nSPS) is 58.5. The molecule has 14 atom stereocenters. The van der Waals surface area contributed by atoms with Crippen molar-refractivity contribution < 1.29 is 29.9 Å². The fourth-order valence-electron chi connectivity index (χ4n) is 9.54. The summed E-state index contributed by atoms with van der Waals surface area (Å²) < 4.78 is 12.2. The van der Waals surface area contributed by atoms with Crippen LogP contribution in [-0.2, 0) is 9.47 Å². The molecule has 34 heavy (non-hydrogen) atoms. The molecule has 1 saturated heterocycles. The number of hydrogen-bond donors (Lipinski definition) is 5. The maximum atomic E-state index is 11.5. The van der Waals surface area contributed by atoms with Crippen LogP contribution in [-0.4, -0.2) is 68.9 Å². The highest BCUT2D eigenvalue weighted by Gasteiger charge is 2.69. The number of nitrogens with two attached hydrogens (primary N) is 1. The lowest BCUT2D eigenvalue weighted by Crippen LogP contribution is -2.71. The van der Waals surface area contributed by atoms with E-state index in [1.165, 1.54) is 0 Å². The van der Waals surface area contributed by atoms with Gasteiger partial charge in [-0.3, -0.25) is 0 Å². The van der Waals surface area contributed by atoms with E-state index >= 15 is 0 Å². The Bertz CT molecular complexity index is 753. The maximum Gasteiger partial charge on any atom is 0.161 e. The summed E-state index contributed by atoms with van der Waals surface area (Å²) in [4.78, 5) is 0. The molecule has 4 aliphatic carbocycles. The van der Waals surface area contributed by atoms with Crippen LogP contribution < -0.4 is 5.73 Å². The van der Waals surface area contributed by atoms with E-state index in [9.17, 15) is 20.4 Å². The summed E-state index contributed by atoms with van der Waals surface area (Å²) in [6.45, 7) is 8.20. The van der Waals surface area contributed by atoms with Crippen molar-refractivity contribution in [1.29, 1.82) is 0 Å². The number of aliphatic hydroxyl groups excluding tert-OH is 4. The SMILES string of the molecule is C[C@H](O)[C@H]1CC[C@]2(N)[C@@H]3CC[C@@H]4C[C@@H](O[C@@H]5C[C@H](O)[C@H](O)[C@@H](C)O5)CC[C@]4(C)[C@H]3C[C@@H](O)[C@]12C. The number of fused-ring (bicyclic) bond motifs is 5. The van der Waals surface area contributed by atoms with Gasteiger partial charge in [0.05, 0.1) is 30.5 Å². The molecule has 196 valence electrons. The third-order valence-corrected chi connectivity index (χ3v) is 11.7. The second kappa shape index (κ2) is 8.64. The molecular formula is C27H47NO6. The van der Waals surface area contributed by atoms with Gasteiger partial charge < -0.3 is 35.6 Å². The van der Waals surface area contributed by atoms with E-state index in [-0.39, 0.29) is 17.4 Å². The predicted molar refractivity (Wildman–Crippen MR) is 128 cm³/mol. The maximum absolute atomic E-state index is 11.5. The van der Waals surface area contributed by atoms with Crippen LogP contribution in [0, 0.1) is 34.5 Å². The molecule has 6 N–H and O–H groups in total. The van der Waals surface area contributed by atoms with Crippen LogP contribution in [0.1, 0.15) is 85.5 Å². The number of hydrogen-bond acceptors (Lipinski definition) is 7. The molecule has 4 saturated carbocycles. The number of aliphatic hydroxyl groups is 4. The summed E-state index contributed by atoms with van der Waals surface area (Å²) in [7, 11) is 0. The average molecular weight is 482 g/mol. The van der Waals surface area contributed by atoms with E-state index in [2.05, 4.69) is 13.8 Å². The molecule has 0 spiro atoms. The highest BCUT2D eigenvalue weighted by Crippen LogP contribution is 2.68. The molecule has 0 radical (unpaired) electrons. The Kier molecular flexibility index (Phi) is 6.45. The molecule has 1 aliphatic heterocycles. The zero-order valence-corrected chi connectivity index (χ0v) is 21.4. The Morgan fingerprint density at radius 2 is 1.71 bits per heavy atom. The van der Waals surface area contributed by atoms with Crippen molar-refractivity contribution in [3.63, 3.8) is 0 Å². The molecule has 0 bridgehead atoms. The summed E-state index contributed by atoms with van der Waals surface area (Å²) in [6.07, 6.45) is 4.55. The molecule has 0 amide bonds. The van der Waals surface area contributed by atoms with Gasteiger partial charge in [0.1, 0.15) is 6.10 Å². The van der Waals surface area contributed by atoms with Crippen LogP contribution in [0.5, 0.6) is 0 Å². The first-order valence-electron chi connectivity index (χ1n) is 13.7. The summed E-state index contributed by atoms with van der Waals surface area (Å²) in [5.74, 6) is 1.33. The van der Waals surface area contributed by atoms with Gasteiger partial charge in [-0.25, -0.2) is 0 Å². The minimum absolute atomic E-state index is 0.0508. The van der Waals surface area contributed by atoms with Gasteiger partial charge in [0.15, 0.2) is 6.29 Å². The molecule has 5 aliphatic rings. The van der Waals surface area contributed by atoms with Gasteiger partial charge in [0.25, 0.3) is 0 Å². The molecule has 7 nitrogen and oxygen atoms in total. The number of rotatable bonds is 3. The molecule has 0 unspecified atom stereocenters. The van der Waals surface area contributed by atoms with Crippen LogP contribution in [0.25, 0.3) is 0 Å². The van der Waals surface area contributed by atoms with Crippen molar-refractivity contribution >= 4 is 0 Å². The Balaban J connectivity index is 1.31. The average Bonchev–Trinajstić information content (AvgIpc) is 3.06. The Labute approximate surface area is 204 Å². The first-order valence-corrected chi connectivity index (χ1v) is 13.7. The minimum Gasteiger partial charge on any atom is -0.393 e. The molecule has 5 fully saturated rings. The number of ether oxygens (including phenoxy) is 2. The Hall–Kier alpha value is -0.280. The van der Waals surface area contributed by atoms with Gasteiger partial charge in [0.2, 0.25) is 0 Å². The van der Waals surface area contributed by atoms with Crippen molar-refractivity contribution in [2.24, 2.45) is 40.2 Å². The molecule has 0 aromatic rings. The van der Waals surface area contributed by atoms with Gasteiger partial charge >= 0.3 is 0 Å². The van der Waals surface area contributed by atoms with Crippen LogP contribution in [0.4, 0.5) is 0 Å². The first-order chi connectivity index (χ1) is 15.9. The lowest BCUT2D eigenvalue weighted by molar-refractivity contribution is -0.269.